The van der Waals surface area contributed by atoms with Crippen LogP contribution >= 0.6 is 0 Å². The third-order valence-corrected chi connectivity index (χ3v) is 5.64. The average Bonchev–Trinajstić information content (AvgIpc) is 2.37. The Morgan fingerprint density at radius 1 is 1.32 bits per heavy atom. The summed E-state index contributed by atoms with van der Waals surface area (Å²) in [5.41, 5.74) is 2.57. The van der Waals surface area contributed by atoms with E-state index in [1.54, 1.807) is 0 Å². The lowest BCUT2D eigenvalue weighted by atomic mass is 10.0. The molecule has 2 rings (SSSR count). The van der Waals surface area contributed by atoms with Crippen molar-refractivity contribution in [3.63, 3.8) is 0 Å². The van der Waals surface area contributed by atoms with E-state index in [2.05, 4.69) is 43.4 Å². The normalized spacial score (nSPS) is 21.2. The van der Waals surface area contributed by atoms with Crippen LogP contribution in [0.5, 0.6) is 0 Å². The van der Waals surface area contributed by atoms with Crippen LogP contribution < -0.4 is 5.32 Å². The zero-order valence-corrected chi connectivity index (χ0v) is 12.5. The molecule has 1 heterocycles. The summed E-state index contributed by atoms with van der Waals surface area (Å²) in [5, 5.41) is 3.53. The molecule has 0 unspecified atom stereocenters. The molecule has 3 nitrogen and oxygen atoms in total. The van der Waals surface area contributed by atoms with Crippen molar-refractivity contribution in [2.75, 3.05) is 18.1 Å². The van der Waals surface area contributed by atoms with Gasteiger partial charge in [0, 0.05) is 6.04 Å². The molecule has 0 saturated carbocycles. The number of hydrogen-bond acceptors (Lipinski definition) is 3. The first kappa shape index (κ1) is 14.5. The van der Waals surface area contributed by atoms with Crippen LogP contribution in [0, 0.1) is 12.8 Å². The van der Waals surface area contributed by atoms with E-state index >= 15 is 0 Å². The van der Waals surface area contributed by atoms with Crippen molar-refractivity contribution in [1.29, 1.82) is 0 Å². The summed E-state index contributed by atoms with van der Waals surface area (Å²) in [6.07, 6.45) is 1.60. The molecule has 1 N–H and O–H groups in total. The topological polar surface area (TPSA) is 46.2 Å². The average molecular weight is 281 g/mol. The van der Waals surface area contributed by atoms with Gasteiger partial charge in [-0.3, -0.25) is 0 Å². The minimum atomic E-state index is -2.74. The minimum absolute atomic E-state index is 0.318. The summed E-state index contributed by atoms with van der Waals surface area (Å²) in [6, 6.07) is 8.83. The van der Waals surface area contributed by atoms with Gasteiger partial charge >= 0.3 is 0 Å². The van der Waals surface area contributed by atoms with Gasteiger partial charge in [0.25, 0.3) is 0 Å². The van der Waals surface area contributed by atoms with Gasteiger partial charge in [-0.15, -0.1) is 0 Å². The fourth-order valence-electron chi connectivity index (χ4n) is 2.54. The van der Waals surface area contributed by atoms with Crippen LogP contribution in [0.1, 0.15) is 36.9 Å². The molecule has 0 radical (unpaired) electrons. The number of hydrogen-bond donors (Lipinski definition) is 1. The van der Waals surface area contributed by atoms with Crippen molar-refractivity contribution < 1.29 is 8.42 Å². The van der Waals surface area contributed by atoms with Crippen molar-refractivity contribution in [3.05, 3.63) is 35.4 Å². The molecule has 1 aliphatic rings. The van der Waals surface area contributed by atoms with Gasteiger partial charge in [0.2, 0.25) is 0 Å². The lowest BCUT2D eigenvalue weighted by molar-refractivity contribution is 0.410. The molecule has 1 aromatic rings. The molecule has 1 aromatic carbocycles. The molecule has 4 heteroatoms. The van der Waals surface area contributed by atoms with E-state index in [0.717, 1.165) is 19.4 Å². The summed E-state index contributed by atoms with van der Waals surface area (Å²) in [6.45, 7) is 5.17. The maximum absolute atomic E-state index is 11.4. The number of nitrogens with one attached hydrogen (secondary N) is 1. The molecule has 0 aliphatic carbocycles. The van der Waals surface area contributed by atoms with Crippen molar-refractivity contribution in [2.24, 2.45) is 5.92 Å². The van der Waals surface area contributed by atoms with Crippen LogP contribution in [-0.2, 0) is 9.84 Å². The van der Waals surface area contributed by atoms with Gasteiger partial charge in [0.05, 0.1) is 11.5 Å². The van der Waals surface area contributed by atoms with Crippen molar-refractivity contribution in [3.8, 4) is 0 Å². The fraction of sp³-hybridized carbons (Fsp3) is 0.600. The molecule has 1 saturated heterocycles. The van der Waals surface area contributed by atoms with Crippen molar-refractivity contribution in [2.45, 2.75) is 32.7 Å². The lowest BCUT2D eigenvalue weighted by Crippen LogP contribution is -2.32. The Bertz CT molecular complexity index is 511. The van der Waals surface area contributed by atoms with E-state index in [4.69, 9.17) is 0 Å². The quantitative estimate of drug-likeness (QED) is 0.922. The summed E-state index contributed by atoms with van der Waals surface area (Å²) in [4.78, 5) is 0. The number of benzene rings is 1. The molecule has 0 aromatic heterocycles. The fourth-order valence-corrected chi connectivity index (χ4v) is 4.13. The molecule has 106 valence electrons. The van der Waals surface area contributed by atoms with Crippen molar-refractivity contribution >= 4 is 9.84 Å². The third-order valence-electron chi connectivity index (χ3n) is 3.93. The van der Waals surface area contributed by atoms with Gasteiger partial charge in [0.1, 0.15) is 9.84 Å². The van der Waals surface area contributed by atoms with Crippen LogP contribution in [-0.4, -0.2) is 26.5 Å². The lowest BCUT2D eigenvalue weighted by Gasteiger charge is -2.24. The van der Waals surface area contributed by atoms with E-state index in [-0.39, 0.29) is 0 Å². The molecule has 1 fully saturated rings. The van der Waals surface area contributed by atoms with Crippen molar-refractivity contribution in [1.82, 2.24) is 5.32 Å². The minimum Gasteiger partial charge on any atom is -0.310 e. The molecule has 19 heavy (non-hydrogen) atoms. The second-order valence-electron chi connectivity index (χ2n) is 5.64. The van der Waals surface area contributed by atoms with Crippen LogP contribution in [0.3, 0.4) is 0 Å². The standard InChI is InChI=1S/C15H23NO2S/c1-12-4-3-5-15(10-12)13(2)16-11-14-6-8-19(17,18)9-7-14/h3-5,10,13-14,16H,6-9,11H2,1-2H3/t13-/m0/s1. The highest BCUT2D eigenvalue weighted by Gasteiger charge is 2.23. The first-order valence-corrected chi connectivity index (χ1v) is 8.79. The zero-order chi connectivity index (χ0) is 13.9. The molecule has 0 spiro atoms. The van der Waals surface area contributed by atoms with Gasteiger partial charge in [-0.1, -0.05) is 29.8 Å². The maximum Gasteiger partial charge on any atom is 0.150 e. The van der Waals surface area contributed by atoms with Gasteiger partial charge in [0.15, 0.2) is 0 Å². The van der Waals surface area contributed by atoms with Crippen LogP contribution in [0.25, 0.3) is 0 Å². The number of rotatable bonds is 4. The summed E-state index contributed by atoms with van der Waals surface area (Å²) in [7, 11) is -2.74. The molecule has 0 amide bonds. The Hall–Kier alpha value is -0.870. The Kier molecular flexibility index (Phi) is 4.63. The Morgan fingerprint density at radius 3 is 2.63 bits per heavy atom. The molecular formula is C15H23NO2S. The molecular weight excluding hydrogens is 258 g/mol. The first-order chi connectivity index (χ1) is 8.96. The Balaban J connectivity index is 1.83. The second kappa shape index (κ2) is 6.06. The van der Waals surface area contributed by atoms with E-state index in [9.17, 15) is 8.42 Å². The molecule has 1 atom stereocenters. The highest BCUT2D eigenvalue weighted by molar-refractivity contribution is 7.91. The summed E-state index contributed by atoms with van der Waals surface area (Å²) in [5.74, 6) is 1.21. The van der Waals surface area contributed by atoms with Crippen LogP contribution in [0.2, 0.25) is 0 Å². The van der Waals surface area contributed by atoms with Gasteiger partial charge < -0.3 is 5.32 Å². The smallest absolute Gasteiger partial charge is 0.150 e. The summed E-state index contributed by atoms with van der Waals surface area (Å²) >= 11 is 0. The molecule has 1 aliphatic heterocycles. The second-order valence-corrected chi connectivity index (χ2v) is 7.94. The Morgan fingerprint density at radius 2 is 2.00 bits per heavy atom. The van der Waals surface area contributed by atoms with E-state index in [0.29, 0.717) is 23.5 Å². The van der Waals surface area contributed by atoms with E-state index in [1.807, 2.05) is 0 Å². The largest absolute Gasteiger partial charge is 0.310 e. The highest BCUT2D eigenvalue weighted by atomic mass is 32.2. The predicted molar refractivity (Wildman–Crippen MR) is 79.0 cm³/mol. The van der Waals surface area contributed by atoms with E-state index < -0.39 is 9.84 Å². The van der Waals surface area contributed by atoms with Crippen LogP contribution in [0.4, 0.5) is 0 Å². The van der Waals surface area contributed by atoms with Crippen LogP contribution in [0.15, 0.2) is 24.3 Å². The first-order valence-electron chi connectivity index (χ1n) is 6.97. The SMILES string of the molecule is Cc1cccc([C@H](C)NCC2CCS(=O)(=O)CC2)c1. The Labute approximate surface area is 116 Å². The number of aryl methyl sites for hydroxylation is 1. The van der Waals surface area contributed by atoms with Gasteiger partial charge in [-0.2, -0.15) is 0 Å². The number of sulfone groups is 1. The van der Waals surface area contributed by atoms with Gasteiger partial charge in [-0.05, 0) is 44.7 Å². The monoisotopic (exact) mass is 281 g/mol. The molecule has 0 bridgehead atoms. The summed E-state index contributed by atoms with van der Waals surface area (Å²) < 4.78 is 22.7. The zero-order valence-electron chi connectivity index (χ0n) is 11.7. The highest BCUT2D eigenvalue weighted by Crippen LogP contribution is 2.20. The predicted octanol–water partition coefficient (Wildman–Crippen LogP) is 2.47. The maximum atomic E-state index is 11.4. The third kappa shape index (κ3) is 4.32. The van der Waals surface area contributed by atoms with E-state index in [1.165, 1.54) is 11.1 Å². The van der Waals surface area contributed by atoms with Gasteiger partial charge in [-0.25, -0.2) is 8.42 Å².